The van der Waals surface area contributed by atoms with Crippen LogP contribution in [0.25, 0.3) is 0 Å². The third-order valence-corrected chi connectivity index (χ3v) is 4.65. The fourth-order valence-electron chi connectivity index (χ4n) is 3.27. The van der Waals surface area contributed by atoms with Gasteiger partial charge in [-0.15, -0.1) is 11.3 Å². The Morgan fingerprint density at radius 3 is 2.95 bits per heavy atom. The minimum Gasteiger partial charge on any atom is -0.458 e. The second-order valence-electron chi connectivity index (χ2n) is 5.94. The van der Waals surface area contributed by atoms with Gasteiger partial charge < -0.3 is 15.2 Å². The Morgan fingerprint density at radius 2 is 2.32 bits per heavy atom. The van der Waals surface area contributed by atoms with E-state index in [0.29, 0.717) is 24.6 Å². The Hall–Kier alpha value is -1.14. The van der Waals surface area contributed by atoms with Crippen molar-refractivity contribution in [2.75, 3.05) is 12.3 Å². The van der Waals surface area contributed by atoms with Crippen molar-refractivity contribution >= 4 is 22.4 Å². The standard InChI is InChI=1S/C13H18N2O3S/c1-12(2)7-13(3-4-17-12)8(5-10(16)18-13)9-6-19-11(14)15-9/h6,8H,3-5,7H2,1-2H3,(H2,14,15)/t8-,13+/m1/s1. The number of ether oxygens (including phenoxy) is 2. The zero-order valence-corrected chi connectivity index (χ0v) is 12.0. The monoisotopic (exact) mass is 282 g/mol. The summed E-state index contributed by atoms with van der Waals surface area (Å²) >= 11 is 1.41. The first-order chi connectivity index (χ1) is 8.90. The van der Waals surface area contributed by atoms with Crippen LogP contribution in [0, 0.1) is 0 Å². The average Bonchev–Trinajstić information content (AvgIpc) is 2.82. The van der Waals surface area contributed by atoms with E-state index >= 15 is 0 Å². The highest BCUT2D eigenvalue weighted by Gasteiger charge is 2.55. The number of carbonyl (C=O) groups is 1. The Labute approximate surface area is 116 Å². The minimum atomic E-state index is -0.473. The van der Waals surface area contributed by atoms with Crippen LogP contribution < -0.4 is 5.73 Å². The van der Waals surface area contributed by atoms with Crippen molar-refractivity contribution in [3.63, 3.8) is 0 Å². The summed E-state index contributed by atoms with van der Waals surface area (Å²) in [4.78, 5) is 16.1. The minimum absolute atomic E-state index is 0.00303. The van der Waals surface area contributed by atoms with Crippen molar-refractivity contribution in [1.29, 1.82) is 0 Å². The molecule has 0 aliphatic carbocycles. The molecule has 2 aliphatic rings. The molecule has 2 aliphatic heterocycles. The second kappa shape index (κ2) is 4.18. The van der Waals surface area contributed by atoms with Crippen molar-refractivity contribution in [3.8, 4) is 0 Å². The molecule has 2 atom stereocenters. The van der Waals surface area contributed by atoms with Crippen LogP contribution in [0.15, 0.2) is 5.38 Å². The molecule has 2 fully saturated rings. The Kier molecular flexibility index (Phi) is 2.83. The van der Waals surface area contributed by atoms with E-state index in [1.54, 1.807) is 0 Å². The number of esters is 1. The van der Waals surface area contributed by atoms with Gasteiger partial charge in [0.1, 0.15) is 5.60 Å². The fraction of sp³-hybridized carbons (Fsp3) is 0.692. The lowest BCUT2D eigenvalue weighted by Gasteiger charge is -2.43. The lowest BCUT2D eigenvalue weighted by atomic mass is 9.74. The summed E-state index contributed by atoms with van der Waals surface area (Å²) in [6, 6.07) is 0. The first-order valence-corrected chi connectivity index (χ1v) is 7.35. The van der Waals surface area contributed by atoms with Gasteiger partial charge in [-0.05, 0) is 13.8 Å². The number of anilines is 1. The molecule has 0 amide bonds. The maximum Gasteiger partial charge on any atom is 0.307 e. The van der Waals surface area contributed by atoms with E-state index in [2.05, 4.69) is 4.98 Å². The number of nitrogens with zero attached hydrogens (tertiary/aromatic N) is 1. The quantitative estimate of drug-likeness (QED) is 0.798. The van der Waals surface area contributed by atoms with Gasteiger partial charge in [-0.1, -0.05) is 0 Å². The van der Waals surface area contributed by atoms with Crippen molar-refractivity contribution < 1.29 is 14.3 Å². The van der Waals surface area contributed by atoms with Crippen LogP contribution in [0.3, 0.4) is 0 Å². The van der Waals surface area contributed by atoms with Crippen molar-refractivity contribution in [3.05, 3.63) is 11.1 Å². The van der Waals surface area contributed by atoms with Crippen molar-refractivity contribution in [1.82, 2.24) is 4.98 Å². The highest BCUT2D eigenvalue weighted by atomic mass is 32.1. The van der Waals surface area contributed by atoms with Gasteiger partial charge in [-0.3, -0.25) is 4.79 Å². The number of carbonyl (C=O) groups excluding carboxylic acids is 1. The number of rotatable bonds is 1. The van der Waals surface area contributed by atoms with E-state index in [4.69, 9.17) is 15.2 Å². The Balaban J connectivity index is 1.96. The molecule has 0 saturated carbocycles. The molecule has 0 unspecified atom stereocenters. The highest BCUT2D eigenvalue weighted by molar-refractivity contribution is 7.13. The number of nitrogen functional groups attached to an aromatic ring is 1. The van der Waals surface area contributed by atoms with Crippen molar-refractivity contribution in [2.45, 2.75) is 50.2 Å². The summed E-state index contributed by atoms with van der Waals surface area (Å²) in [5.74, 6) is -0.147. The molecule has 2 N–H and O–H groups in total. The van der Waals surface area contributed by atoms with E-state index in [1.165, 1.54) is 11.3 Å². The van der Waals surface area contributed by atoms with Gasteiger partial charge in [0, 0.05) is 18.2 Å². The molecule has 6 heteroatoms. The molecular weight excluding hydrogens is 264 g/mol. The molecule has 0 bridgehead atoms. The Morgan fingerprint density at radius 1 is 1.53 bits per heavy atom. The van der Waals surface area contributed by atoms with Crippen LogP contribution in [0.5, 0.6) is 0 Å². The molecule has 1 aromatic heterocycles. The number of thiazole rings is 1. The third-order valence-electron chi connectivity index (χ3n) is 3.96. The maximum atomic E-state index is 11.8. The third kappa shape index (κ3) is 2.23. The van der Waals surface area contributed by atoms with Gasteiger partial charge in [-0.2, -0.15) is 0 Å². The molecule has 3 rings (SSSR count). The van der Waals surface area contributed by atoms with E-state index in [1.807, 2.05) is 19.2 Å². The molecule has 3 heterocycles. The van der Waals surface area contributed by atoms with Gasteiger partial charge in [0.25, 0.3) is 0 Å². The largest absolute Gasteiger partial charge is 0.458 e. The Bertz CT molecular complexity index is 514. The predicted octanol–water partition coefficient (Wildman–Crippen LogP) is 2.08. The average molecular weight is 282 g/mol. The summed E-state index contributed by atoms with van der Waals surface area (Å²) in [5.41, 5.74) is 5.84. The van der Waals surface area contributed by atoms with Gasteiger partial charge in [0.05, 0.1) is 30.2 Å². The molecule has 1 aromatic rings. The zero-order chi connectivity index (χ0) is 13.7. The van der Waals surface area contributed by atoms with Crippen LogP contribution in [-0.4, -0.2) is 28.8 Å². The molecule has 19 heavy (non-hydrogen) atoms. The van der Waals surface area contributed by atoms with Crippen LogP contribution in [0.4, 0.5) is 5.13 Å². The SMILES string of the molecule is CC1(C)C[C@]2(CCO1)OC(=O)C[C@@H]2c1csc(N)n1. The normalized spacial score (nSPS) is 33.6. The second-order valence-corrected chi connectivity index (χ2v) is 6.83. The predicted molar refractivity (Wildman–Crippen MR) is 72.0 cm³/mol. The van der Waals surface area contributed by atoms with E-state index in [9.17, 15) is 4.79 Å². The lowest BCUT2D eigenvalue weighted by molar-refractivity contribution is -0.174. The van der Waals surface area contributed by atoms with E-state index < -0.39 is 5.60 Å². The van der Waals surface area contributed by atoms with Crippen molar-refractivity contribution in [2.24, 2.45) is 0 Å². The van der Waals surface area contributed by atoms with E-state index in [0.717, 1.165) is 12.1 Å². The fourth-order valence-corrected chi connectivity index (χ4v) is 3.89. The number of nitrogens with two attached hydrogens (primary N) is 1. The summed E-state index contributed by atoms with van der Waals surface area (Å²) in [5, 5.41) is 2.47. The molecular formula is C13H18N2O3S. The topological polar surface area (TPSA) is 74.4 Å². The van der Waals surface area contributed by atoms with Crippen LogP contribution in [0.1, 0.15) is 44.7 Å². The first kappa shape index (κ1) is 12.9. The van der Waals surface area contributed by atoms with Gasteiger partial charge >= 0.3 is 5.97 Å². The first-order valence-electron chi connectivity index (χ1n) is 6.47. The summed E-state index contributed by atoms with van der Waals surface area (Å²) < 4.78 is 11.4. The van der Waals surface area contributed by atoms with Crippen LogP contribution in [-0.2, 0) is 14.3 Å². The van der Waals surface area contributed by atoms with Gasteiger partial charge in [0.15, 0.2) is 5.13 Å². The smallest absolute Gasteiger partial charge is 0.307 e. The van der Waals surface area contributed by atoms with Crippen LogP contribution >= 0.6 is 11.3 Å². The molecule has 0 radical (unpaired) electrons. The molecule has 0 aromatic carbocycles. The van der Waals surface area contributed by atoms with Crippen LogP contribution in [0.2, 0.25) is 0 Å². The van der Waals surface area contributed by atoms with Gasteiger partial charge in [-0.25, -0.2) is 4.98 Å². The zero-order valence-electron chi connectivity index (χ0n) is 11.1. The molecule has 1 spiro atoms. The maximum absolute atomic E-state index is 11.8. The summed E-state index contributed by atoms with van der Waals surface area (Å²) in [6.07, 6.45) is 1.82. The van der Waals surface area contributed by atoms with Gasteiger partial charge in [0.2, 0.25) is 0 Å². The molecule has 2 saturated heterocycles. The summed E-state index contributed by atoms with van der Waals surface area (Å²) in [6.45, 7) is 4.68. The molecule has 104 valence electrons. The summed E-state index contributed by atoms with van der Waals surface area (Å²) in [7, 11) is 0. The van der Waals surface area contributed by atoms with E-state index in [-0.39, 0.29) is 17.5 Å². The highest BCUT2D eigenvalue weighted by Crippen LogP contribution is 2.50. The number of aromatic nitrogens is 1. The number of hydrogen-bond acceptors (Lipinski definition) is 6. The number of hydrogen-bond donors (Lipinski definition) is 1. The molecule has 5 nitrogen and oxygen atoms in total. The lowest BCUT2D eigenvalue weighted by Crippen LogP contribution is -2.48.